The molecule has 0 amide bonds. The molecule has 6 nitrogen and oxygen atoms in total. The lowest BCUT2D eigenvalue weighted by molar-refractivity contribution is 0.460. The summed E-state index contributed by atoms with van der Waals surface area (Å²) in [6.07, 6.45) is 7.56. The number of aryl methyl sites for hydroxylation is 1. The molecule has 1 fully saturated rings. The van der Waals surface area contributed by atoms with E-state index in [-0.39, 0.29) is 5.56 Å². The molecule has 1 saturated carbocycles. The summed E-state index contributed by atoms with van der Waals surface area (Å²) in [6.45, 7) is 2.73. The fraction of sp³-hybridized carbons (Fsp3) is 0.421. The van der Waals surface area contributed by atoms with E-state index in [1.807, 2.05) is 23.6 Å². The van der Waals surface area contributed by atoms with Gasteiger partial charge in [-0.3, -0.25) is 4.79 Å². The first-order valence-corrected chi connectivity index (χ1v) is 9.55. The van der Waals surface area contributed by atoms with Gasteiger partial charge in [0.25, 0.3) is 5.56 Å². The summed E-state index contributed by atoms with van der Waals surface area (Å²) >= 11 is 6.02. The molecule has 0 bridgehead atoms. The van der Waals surface area contributed by atoms with E-state index in [9.17, 15) is 4.79 Å². The number of rotatable bonds is 4. The third-order valence-electron chi connectivity index (χ3n) is 5.00. The van der Waals surface area contributed by atoms with E-state index < -0.39 is 0 Å². The van der Waals surface area contributed by atoms with Crippen LogP contribution in [0.3, 0.4) is 0 Å². The number of nitrogens with zero attached hydrogens (tertiary/aromatic N) is 4. The zero-order valence-corrected chi connectivity index (χ0v) is 15.5. The SMILES string of the molecule is CCn1cnc2c(=O)n(-c3ccc(Cl)cc3)c(NC3CCCCC3)nc21. The molecule has 0 saturated heterocycles. The number of benzene rings is 1. The van der Waals surface area contributed by atoms with Crippen molar-refractivity contribution >= 4 is 28.7 Å². The molecule has 1 aliphatic carbocycles. The van der Waals surface area contributed by atoms with Gasteiger partial charge in [0.15, 0.2) is 11.2 Å². The summed E-state index contributed by atoms with van der Waals surface area (Å²) in [5.41, 5.74) is 1.58. The highest BCUT2D eigenvalue weighted by Crippen LogP contribution is 2.23. The highest BCUT2D eigenvalue weighted by atomic mass is 35.5. The minimum absolute atomic E-state index is 0.164. The lowest BCUT2D eigenvalue weighted by atomic mass is 9.96. The highest BCUT2D eigenvalue weighted by Gasteiger charge is 2.20. The fourth-order valence-electron chi connectivity index (χ4n) is 3.58. The minimum atomic E-state index is -0.164. The summed E-state index contributed by atoms with van der Waals surface area (Å²) in [5, 5.41) is 4.15. The van der Waals surface area contributed by atoms with E-state index in [1.165, 1.54) is 19.3 Å². The van der Waals surface area contributed by atoms with E-state index in [0.29, 0.717) is 28.2 Å². The van der Waals surface area contributed by atoms with Gasteiger partial charge in [-0.15, -0.1) is 0 Å². The van der Waals surface area contributed by atoms with Crippen molar-refractivity contribution in [2.45, 2.75) is 51.6 Å². The van der Waals surface area contributed by atoms with Gasteiger partial charge in [-0.2, -0.15) is 4.98 Å². The summed E-state index contributed by atoms with van der Waals surface area (Å²) in [6, 6.07) is 7.57. The number of hydrogen-bond donors (Lipinski definition) is 1. The van der Waals surface area contributed by atoms with Gasteiger partial charge in [0.2, 0.25) is 5.95 Å². The van der Waals surface area contributed by atoms with Gasteiger partial charge in [-0.05, 0) is 44.0 Å². The van der Waals surface area contributed by atoms with Crippen LogP contribution in [0.5, 0.6) is 0 Å². The molecule has 0 spiro atoms. The van der Waals surface area contributed by atoms with Crippen LogP contribution in [-0.4, -0.2) is 25.1 Å². The van der Waals surface area contributed by atoms with Gasteiger partial charge < -0.3 is 9.88 Å². The first kappa shape index (κ1) is 17.1. The lowest BCUT2D eigenvalue weighted by Gasteiger charge is -2.24. The Morgan fingerprint density at radius 1 is 1.19 bits per heavy atom. The van der Waals surface area contributed by atoms with Gasteiger partial charge in [-0.1, -0.05) is 30.9 Å². The van der Waals surface area contributed by atoms with E-state index in [4.69, 9.17) is 16.6 Å². The predicted octanol–water partition coefficient (Wildman–Crippen LogP) is 4.00. The van der Waals surface area contributed by atoms with Crippen LogP contribution in [0.4, 0.5) is 5.95 Å². The number of imidazole rings is 1. The van der Waals surface area contributed by atoms with Crippen molar-refractivity contribution in [3.8, 4) is 5.69 Å². The van der Waals surface area contributed by atoms with Crippen LogP contribution in [0.2, 0.25) is 5.02 Å². The van der Waals surface area contributed by atoms with E-state index in [2.05, 4.69) is 10.3 Å². The van der Waals surface area contributed by atoms with Gasteiger partial charge >= 0.3 is 0 Å². The molecule has 7 heteroatoms. The predicted molar refractivity (Wildman–Crippen MR) is 104 cm³/mol. The molecule has 2 aromatic heterocycles. The molecule has 0 aliphatic heterocycles. The largest absolute Gasteiger partial charge is 0.352 e. The van der Waals surface area contributed by atoms with Crippen molar-refractivity contribution in [3.63, 3.8) is 0 Å². The monoisotopic (exact) mass is 371 g/mol. The number of halogens is 1. The molecule has 4 rings (SSSR count). The first-order chi connectivity index (χ1) is 12.7. The van der Waals surface area contributed by atoms with Crippen molar-refractivity contribution in [1.29, 1.82) is 0 Å². The first-order valence-electron chi connectivity index (χ1n) is 9.17. The third-order valence-corrected chi connectivity index (χ3v) is 5.26. The van der Waals surface area contributed by atoms with Crippen LogP contribution >= 0.6 is 11.6 Å². The zero-order valence-electron chi connectivity index (χ0n) is 14.8. The molecule has 136 valence electrons. The van der Waals surface area contributed by atoms with E-state index >= 15 is 0 Å². The maximum Gasteiger partial charge on any atom is 0.287 e. The van der Waals surface area contributed by atoms with Gasteiger partial charge in [0.05, 0.1) is 12.0 Å². The number of nitrogens with one attached hydrogen (secondary N) is 1. The average Bonchev–Trinajstić information content (AvgIpc) is 3.07. The van der Waals surface area contributed by atoms with Gasteiger partial charge in [-0.25, -0.2) is 9.55 Å². The van der Waals surface area contributed by atoms with Crippen LogP contribution in [-0.2, 0) is 6.54 Å². The van der Waals surface area contributed by atoms with Crippen LogP contribution < -0.4 is 10.9 Å². The van der Waals surface area contributed by atoms with Gasteiger partial charge in [0, 0.05) is 17.6 Å². The Bertz CT molecular complexity index is 970. The summed E-state index contributed by atoms with van der Waals surface area (Å²) in [7, 11) is 0. The summed E-state index contributed by atoms with van der Waals surface area (Å²) in [4.78, 5) is 22.3. The van der Waals surface area contributed by atoms with Crippen molar-refractivity contribution in [1.82, 2.24) is 19.1 Å². The zero-order chi connectivity index (χ0) is 18.1. The van der Waals surface area contributed by atoms with E-state index in [1.54, 1.807) is 23.0 Å². The van der Waals surface area contributed by atoms with Crippen molar-refractivity contribution in [3.05, 3.63) is 46.0 Å². The topological polar surface area (TPSA) is 64.7 Å². The van der Waals surface area contributed by atoms with Crippen LogP contribution in [0.1, 0.15) is 39.0 Å². The Hall–Kier alpha value is -2.34. The molecule has 1 aromatic carbocycles. The molecule has 1 N–H and O–H groups in total. The Morgan fingerprint density at radius 3 is 2.62 bits per heavy atom. The highest BCUT2D eigenvalue weighted by molar-refractivity contribution is 6.30. The van der Waals surface area contributed by atoms with Gasteiger partial charge in [0.1, 0.15) is 0 Å². The average molecular weight is 372 g/mol. The third kappa shape index (κ3) is 3.09. The second-order valence-electron chi connectivity index (χ2n) is 6.73. The molecule has 3 aromatic rings. The second-order valence-corrected chi connectivity index (χ2v) is 7.17. The number of fused-ring (bicyclic) bond motifs is 1. The van der Waals surface area contributed by atoms with Crippen LogP contribution in [0.25, 0.3) is 16.9 Å². The Morgan fingerprint density at radius 2 is 1.92 bits per heavy atom. The second kappa shape index (κ2) is 7.11. The molecule has 2 heterocycles. The molecule has 0 unspecified atom stereocenters. The standard InChI is InChI=1S/C19H22ClN5O/c1-2-24-12-21-16-17(24)23-19(22-14-6-4-3-5-7-14)25(18(16)26)15-10-8-13(20)9-11-15/h8-12,14H,2-7H2,1H3,(H,22,23). The number of aromatic nitrogens is 4. The maximum atomic E-state index is 13.2. The molecular weight excluding hydrogens is 350 g/mol. The van der Waals surface area contributed by atoms with Crippen LogP contribution in [0.15, 0.2) is 35.4 Å². The molecule has 1 aliphatic rings. The number of anilines is 1. The van der Waals surface area contributed by atoms with Crippen LogP contribution in [0, 0.1) is 0 Å². The summed E-state index contributed by atoms with van der Waals surface area (Å²) < 4.78 is 3.51. The smallest absolute Gasteiger partial charge is 0.287 e. The molecule has 0 radical (unpaired) electrons. The Kier molecular flexibility index (Phi) is 4.68. The van der Waals surface area contributed by atoms with E-state index in [0.717, 1.165) is 25.1 Å². The normalized spacial score (nSPS) is 15.5. The Labute approximate surface area is 156 Å². The van der Waals surface area contributed by atoms with Crippen molar-refractivity contribution in [2.24, 2.45) is 0 Å². The minimum Gasteiger partial charge on any atom is -0.352 e. The maximum absolute atomic E-state index is 13.2. The Balaban J connectivity index is 1.88. The number of hydrogen-bond acceptors (Lipinski definition) is 4. The molecule has 0 atom stereocenters. The summed E-state index contributed by atoms with van der Waals surface area (Å²) in [5.74, 6) is 0.576. The lowest BCUT2D eigenvalue weighted by Crippen LogP contribution is -2.30. The molecule has 26 heavy (non-hydrogen) atoms. The van der Waals surface area contributed by atoms with Crippen molar-refractivity contribution < 1.29 is 0 Å². The van der Waals surface area contributed by atoms with Crippen molar-refractivity contribution in [2.75, 3.05) is 5.32 Å². The quantitative estimate of drug-likeness (QED) is 0.752. The fourth-order valence-corrected chi connectivity index (χ4v) is 3.71. The molecular formula is C19H22ClN5O.